The van der Waals surface area contributed by atoms with Crippen LogP contribution in [0.4, 0.5) is 8.78 Å². The Balaban J connectivity index is 1.78. The van der Waals surface area contributed by atoms with Gasteiger partial charge in [0.1, 0.15) is 11.6 Å². The van der Waals surface area contributed by atoms with E-state index in [0.717, 1.165) is 17.2 Å². The highest BCUT2D eigenvalue weighted by molar-refractivity contribution is 5.90. The third-order valence-electron chi connectivity index (χ3n) is 5.93. The molecule has 2 aliphatic carbocycles. The van der Waals surface area contributed by atoms with Crippen LogP contribution < -0.4 is 0 Å². The van der Waals surface area contributed by atoms with Crippen LogP contribution in [0, 0.1) is 12.7 Å². The summed E-state index contributed by atoms with van der Waals surface area (Å²) in [4.78, 5) is 10.9. The molecule has 2 unspecified atom stereocenters. The van der Waals surface area contributed by atoms with Gasteiger partial charge in [-0.2, -0.15) is 0 Å². The first-order valence-corrected chi connectivity index (χ1v) is 8.91. The van der Waals surface area contributed by atoms with Gasteiger partial charge in [0.05, 0.1) is 5.56 Å². The second-order valence-corrected chi connectivity index (χ2v) is 7.44. The van der Waals surface area contributed by atoms with E-state index < -0.39 is 17.6 Å². The highest BCUT2D eigenvalue weighted by atomic mass is 19.1. The van der Waals surface area contributed by atoms with Crippen molar-refractivity contribution in [1.82, 2.24) is 0 Å². The summed E-state index contributed by atoms with van der Waals surface area (Å²) in [7, 11) is 0. The predicted octanol–water partition coefficient (Wildman–Crippen LogP) is 6.05. The molecule has 4 rings (SSSR count). The molecule has 134 valence electrons. The largest absolute Gasteiger partial charge is 0.478 e. The fourth-order valence-corrected chi connectivity index (χ4v) is 4.55. The van der Waals surface area contributed by atoms with Gasteiger partial charge in [-0.25, -0.2) is 13.6 Å². The molecule has 0 saturated heterocycles. The highest BCUT2D eigenvalue weighted by Gasteiger charge is 2.37. The average Bonchev–Trinajstić information content (AvgIpc) is 3.21. The van der Waals surface area contributed by atoms with Gasteiger partial charge in [-0.05, 0) is 91.0 Å². The quantitative estimate of drug-likeness (QED) is 0.681. The number of aryl methyl sites for hydroxylation is 1. The summed E-state index contributed by atoms with van der Waals surface area (Å²) in [6.07, 6.45) is 3.62. The van der Waals surface area contributed by atoms with Gasteiger partial charge in [0.2, 0.25) is 0 Å². The molecule has 2 atom stereocenters. The molecule has 26 heavy (non-hydrogen) atoms. The van der Waals surface area contributed by atoms with Crippen LogP contribution in [0.1, 0.15) is 76.2 Å². The van der Waals surface area contributed by atoms with Crippen molar-refractivity contribution in [3.8, 4) is 0 Å². The van der Waals surface area contributed by atoms with Crippen LogP contribution in [0.25, 0.3) is 11.4 Å². The lowest BCUT2D eigenvalue weighted by molar-refractivity contribution is 0.0696. The van der Waals surface area contributed by atoms with Crippen LogP contribution in [-0.2, 0) is 0 Å². The van der Waals surface area contributed by atoms with Gasteiger partial charge in [0.15, 0.2) is 0 Å². The van der Waals surface area contributed by atoms with Crippen molar-refractivity contribution in [3.63, 3.8) is 0 Å². The van der Waals surface area contributed by atoms with E-state index in [4.69, 9.17) is 5.11 Å². The Kier molecular flexibility index (Phi) is 3.94. The van der Waals surface area contributed by atoms with Crippen LogP contribution >= 0.6 is 0 Å². The number of benzene rings is 2. The van der Waals surface area contributed by atoms with E-state index >= 15 is 4.39 Å². The predicted molar refractivity (Wildman–Crippen MR) is 97.5 cm³/mol. The minimum atomic E-state index is -1.24. The van der Waals surface area contributed by atoms with E-state index in [1.807, 2.05) is 6.92 Å². The van der Waals surface area contributed by atoms with Crippen molar-refractivity contribution in [2.75, 3.05) is 0 Å². The number of allylic oxidation sites excluding steroid dienone is 1. The summed E-state index contributed by atoms with van der Waals surface area (Å²) in [5.41, 5.74) is 4.50. The Bertz CT molecular complexity index is 959. The van der Waals surface area contributed by atoms with Gasteiger partial charge in [0.25, 0.3) is 0 Å². The zero-order valence-electron chi connectivity index (χ0n) is 14.8. The molecule has 0 radical (unpaired) electrons. The maximum Gasteiger partial charge on any atom is 0.335 e. The normalized spacial score (nSPS) is 21.5. The molecular weight excluding hydrogens is 334 g/mol. The Labute approximate surface area is 151 Å². The van der Waals surface area contributed by atoms with E-state index in [-0.39, 0.29) is 11.1 Å². The van der Waals surface area contributed by atoms with Gasteiger partial charge in [-0.3, -0.25) is 0 Å². The maximum atomic E-state index is 15.0. The minimum absolute atomic E-state index is 0.193. The second-order valence-electron chi connectivity index (χ2n) is 7.44. The van der Waals surface area contributed by atoms with Gasteiger partial charge < -0.3 is 5.11 Å². The average molecular weight is 354 g/mol. The van der Waals surface area contributed by atoms with Crippen molar-refractivity contribution in [1.29, 1.82) is 0 Å². The maximum absolute atomic E-state index is 15.0. The number of aromatic carboxylic acids is 1. The molecule has 2 aromatic carbocycles. The zero-order valence-corrected chi connectivity index (χ0v) is 14.8. The summed E-state index contributed by atoms with van der Waals surface area (Å²) >= 11 is 0. The minimum Gasteiger partial charge on any atom is -0.478 e. The summed E-state index contributed by atoms with van der Waals surface area (Å²) in [6, 6.07) is 7.52. The molecule has 0 amide bonds. The third-order valence-corrected chi connectivity index (χ3v) is 5.93. The number of fused-ring (bicyclic) bond motifs is 5. The topological polar surface area (TPSA) is 37.3 Å². The van der Waals surface area contributed by atoms with E-state index in [1.165, 1.54) is 42.5 Å². The number of hydrogen-bond acceptors (Lipinski definition) is 1. The first-order valence-electron chi connectivity index (χ1n) is 8.91. The summed E-state index contributed by atoms with van der Waals surface area (Å²) < 4.78 is 29.3. The number of carbonyl (C=O) groups is 1. The Morgan fingerprint density at radius 1 is 1.08 bits per heavy atom. The zero-order chi connectivity index (χ0) is 18.6. The van der Waals surface area contributed by atoms with Gasteiger partial charge in [-0.15, -0.1) is 0 Å². The smallest absolute Gasteiger partial charge is 0.335 e. The van der Waals surface area contributed by atoms with Gasteiger partial charge >= 0.3 is 5.97 Å². The number of rotatable bonds is 3. The molecule has 2 bridgehead atoms. The number of hydrogen-bond donors (Lipinski definition) is 1. The van der Waals surface area contributed by atoms with Crippen LogP contribution in [0.2, 0.25) is 0 Å². The first-order chi connectivity index (χ1) is 12.4. The summed E-state index contributed by atoms with van der Waals surface area (Å²) in [6.45, 7) is 3.62. The lowest BCUT2D eigenvalue weighted by Crippen LogP contribution is -2.02. The molecule has 1 fully saturated rings. The fourth-order valence-electron chi connectivity index (χ4n) is 4.55. The lowest BCUT2D eigenvalue weighted by atomic mass is 9.86. The molecule has 0 heterocycles. The SMILES string of the molecule is C/C(=C(/F)c1ccc(C(=O)O)cc1F)c1cc2c(cc1C)C1CCC2C1. The molecule has 2 aromatic rings. The number of carboxylic acids is 1. The molecule has 0 spiro atoms. The summed E-state index contributed by atoms with van der Waals surface area (Å²) in [5, 5.41) is 8.93. The third kappa shape index (κ3) is 2.56. The first kappa shape index (κ1) is 17.0. The molecule has 2 nitrogen and oxygen atoms in total. The fraction of sp³-hybridized carbons (Fsp3) is 0.318. The Morgan fingerprint density at radius 3 is 2.35 bits per heavy atom. The van der Waals surface area contributed by atoms with E-state index in [1.54, 1.807) is 6.92 Å². The molecule has 0 aliphatic heterocycles. The molecule has 1 N–H and O–H groups in total. The Morgan fingerprint density at radius 2 is 1.73 bits per heavy atom. The number of carboxylic acid groups (broad SMARTS) is 1. The van der Waals surface area contributed by atoms with Crippen molar-refractivity contribution >= 4 is 17.4 Å². The Hall–Kier alpha value is -2.49. The molecule has 2 aliphatic rings. The molecule has 0 aromatic heterocycles. The highest BCUT2D eigenvalue weighted by Crippen LogP contribution is 2.54. The van der Waals surface area contributed by atoms with Crippen molar-refractivity contribution in [3.05, 3.63) is 69.5 Å². The van der Waals surface area contributed by atoms with Crippen molar-refractivity contribution in [2.45, 2.75) is 44.9 Å². The van der Waals surface area contributed by atoms with Gasteiger partial charge in [-0.1, -0.05) is 12.1 Å². The monoisotopic (exact) mass is 354 g/mol. The second kappa shape index (κ2) is 6.04. The van der Waals surface area contributed by atoms with E-state index in [9.17, 15) is 9.18 Å². The van der Waals surface area contributed by atoms with Crippen LogP contribution in [0.5, 0.6) is 0 Å². The van der Waals surface area contributed by atoms with Crippen molar-refractivity contribution < 1.29 is 18.7 Å². The molecular formula is C22H20F2O2. The molecule has 1 saturated carbocycles. The van der Waals surface area contributed by atoms with E-state index in [0.29, 0.717) is 17.4 Å². The van der Waals surface area contributed by atoms with Crippen LogP contribution in [0.3, 0.4) is 0 Å². The van der Waals surface area contributed by atoms with E-state index in [2.05, 4.69) is 12.1 Å². The van der Waals surface area contributed by atoms with Gasteiger partial charge in [0, 0.05) is 5.56 Å². The summed E-state index contributed by atoms with van der Waals surface area (Å²) in [5.74, 6) is -1.54. The lowest BCUT2D eigenvalue weighted by Gasteiger charge is -2.19. The number of halogens is 2. The van der Waals surface area contributed by atoms with Crippen LogP contribution in [-0.4, -0.2) is 11.1 Å². The standard InChI is InChI=1S/C22H20F2O2/c1-11-7-18-13-3-4-14(8-13)19(18)10-17(11)12(2)21(24)16-6-5-15(22(25)26)9-20(16)23/h5-7,9-10,13-14H,3-4,8H2,1-2H3,(H,25,26)/b21-12-. The van der Waals surface area contributed by atoms with Crippen molar-refractivity contribution in [2.24, 2.45) is 0 Å². The van der Waals surface area contributed by atoms with Crippen LogP contribution in [0.15, 0.2) is 30.3 Å². The molecule has 4 heteroatoms.